The molecule has 18 heavy (non-hydrogen) atoms. The molecular formula is C15H26N2S. The van der Waals surface area contributed by atoms with Crippen LogP contribution in [0.4, 0.5) is 0 Å². The molecule has 1 aromatic rings. The highest BCUT2D eigenvalue weighted by molar-refractivity contribution is 7.99. The maximum absolute atomic E-state index is 6.02. The summed E-state index contributed by atoms with van der Waals surface area (Å²) in [7, 11) is 2.12. The van der Waals surface area contributed by atoms with E-state index in [0.717, 1.165) is 13.1 Å². The van der Waals surface area contributed by atoms with Crippen LogP contribution in [0.2, 0.25) is 0 Å². The molecule has 0 atom stereocenters. The van der Waals surface area contributed by atoms with Crippen LogP contribution in [0.3, 0.4) is 0 Å². The zero-order valence-corrected chi connectivity index (χ0v) is 13.1. The highest BCUT2D eigenvalue weighted by Crippen LogP contribution is 2.23. The van der Waals surface area contributed by atoms with Gasteiger partial charge in [-0.3, -0.25) is 0 Å². The second-order valence-corrected chi connectivity index (χ2v) is 7.62. The SMILES string of the molecule is CC(C)Sc1ccc(CN(C)CC(C)(C)N)cc1. The fourth-order valence-corrected chi connectivity index (χ4v) is 2.85. The molecule has 1 aromatic carbocycles. The minimum Gasteiger partial charge on any atom is -0.324 e. The van der Waals surface area contributed by atoms with Gasteiger partial charge in [-0.25, -0.2) is 0 Å². The zero-order chi connectivity index (χ0) is 13.8. The standard InChI is InChI=1S/C15H26N2S/c1-12(2)18-14-8-6-13(7-9-14)10-17(5)11-15(3,4)16/h6-9,12H,10-11,16H2,1-5H3. The van der Waals surface area contributed by atoms with Crippen LogP contribution < -0.4 is 5.73 Å². The Morgan fingerprint density at radius 3 is 2.22 bits per heavy atom. The molecule has 0 spiro atoms. The third kappa shape index (κ3) is 6.43. The van der Waals surface area contributed by atoms with Crippen LogP contribution in [-0.4, -0.2) is 29.3 Å². The number of nitrogens with zero attached hydrogens (tertiary/aromatic N) is 1. The molecule has 2 nitrogen and oxygen atoms in total. The first-order chi connectivity index (χ1) is 8.26. The average Bonchev–Trinajstić information content (AvgIpc) is 2.17. The van der Waals surface area contributed by atoms with Crippen molar-refractivity contribution in [3.05, 3.63) is 29.8 Å². The second-order valence-electron chi connectivity index (χ2n) is 5.97. The lowest BCUT2D eigenvalue weighted by molar-refractivity contribution is 0.263. The number of thioether (sulfide) groups is 1. The summed E-state index contributed by atoms with van der Waals surface area (Å²) in [4.78, 5) is 3.61. The Labute approximate surface area is 116 Å². The van der Waals surface area contributed by atoms with Crippen molar-refractivity contribution in [3.63, 3.8) is 0 Å². The monoisotopic (exact) mass is 266 g/mol. The van der Waals surface area contributed by atoms with Crippen molar-refractivity contribution in [2.75, 3.05) is 13.6 Å². The Bertz CT molecular complexity index is 352. The van der Waals surface area contributed by atoms with E-state index >= 15 is 0 Å². The molecule has 0 aliphatic heterocycles. The quantitative estimate of drug-likeness (QED) is 0.801. The van der Waals surface area contributed by atoms with Gasteiger partial charge in [-0.2, -0.15) is 0 Å². The van der Waals surface area contributed by atoms with Crippen molar-refractivity contribution in [1.29, 1.82) is 0 Å². The Morgan fingerprint density at radius 1 is 1.22 bits per heavy atom. The van der Waals surface area contributed by atoms with Crippen LogP contribution in [0.5, 0.6) is 0 Å². The summed E-state index contributed by atoms with van der Waals surface area (Å²) in [6.07, 6.45) is 0. The lowest BCUT2D eigenvalue weighted by atomic mass is 10.1. The molecule has 0 bridgehead atoms. The molecule has 0 fully saturated rings. The van der Waals surface area contributed by atoms with Gasteiger partial charge in [-0.1, -0.05) is 26.0 Å². The Kier molecular flexibility index (Phi) is 5.70. The van der Waals surface area contributed by atoms with Gasteiger partial charge in [-0.05, 0) is 38.6 Å². The van der Waals surface area contributed by atoms with E-state index in [-0.39, 0.29) is 5.54 Å². The predicted octanol–water partition coefficient (Wildman–Crippen LogP) is 3.36. The molecule has 0 radical (unpaired) electrons. The predicted molar refractivity (Wildman–Crippen MR) is 82.0 cm³/mol. The molecular weight excluding hydrogens is 240 g/mol. The molecule has 0 unspecified atom stereocenters. The molecule has 2 N–H and O–H groups in total. The zero-order valence-electron chi connectivity index (χ0n) is 12.2. The summed E-state index contributed by atoms with van der Waals surface area (Å²) in [6.45, 7) is 10.4. The Balaban J connectivity index is 2.53. The van der Waals surface area contributed by atoms with Gasteiger partial charge in [0.25, 0.3) is 0 Å². The molecule has 0 aliphatic carbocycles. The maximum Gasteiger partial charge on any atom is 0.0231 e. The van der Waals surface area contributed by atoms with E-state index < -0.39 is 0 Å². The van der Waals surface area contributed by atoms with Gasteiger partial charge in [0.2, 0.25) is 0 Å². The molecule has 1 rings (SSSR count). The van der Waals surface area contributed by atoms with Crippen molar-refractivity contribution in [1.82, 2.24) is 4.90 Å². The van der Waals surface area contributed by atoms with Gasteiger partial charge >= 0.3 is 0 Å². The van der Waals surface area contributed by atoms with Crippen molar-refractivity contribution < 1.29 is 0 Å². The van der Waals surface area contributed by atoms with E-state index in [9.17, 15) is 0 Å². The van der Waals surface area contributed by atoms with E-state index in [4.69, 9.17) is 5.73 Å². The molecule has 0 saturated carbocycles. The number of rotatable bonds is 6. The van der Waals surface area contributed by atoms with Crippen LogP contribution in [0.15, 0.2) is 29.2 Å². The number of nitrogens with two attached hydrogens (primary N) is 1. The largest absolute Gasteiger partial charge is 0.324 e. The molecule has 0 amide bonds. The fraction of sp³-hybridized carbons (Fsp3) is 0.600. The maximum atomic E-state index is 6.02. The highest BCUT2D eigenvalue weighted by Gasteiger charge is 2.13. The van der Waals surface area contributed by atoms with Crippen LogP contribution >= 0.6 is 11.8 Å². The summed E-state index contributed by atoms with van der Waals surface area (Å²) >= 11 is 1.90. The molecule has 102 valence electrons. The van der Waals surface area contributed by atoms with E-state index in [1.54, 1.807) is 0 Å². The molecule has 0 aromatic heterocycles. The first-order valence-corrected chi connectivity index (χ1v) is 7.37. The number of hydrogen-bond acceptors (Lipinski definition) is 3. The van der Waals surface area contributed by atoms with Crippen LogP contribution in [0, 0.1) is 0 Å². The molecule has 0 aliphatic rings. The minimum absolute atomic E-state index is 0.137. The van der Waals surface area contributed by atoms with Crippen molar-refractivity contribution in [2.24, 2.45) is 5.73 Å². The van der Waals surface area contributed by atoms with Crippen LogP contribution in [-0.2, 0) is 6.54 Å². The van der Waals surface area contributed by atoms with E-state index in [0.29, 0.717) is 5.25 Å². The minimum atomic E-state index is -0.137. The van der Waals surface area contributed by atoms with Crippen molar-refractivity contribution >= 4 is 11.8 Å². The van der Waals surface area contributed by atoms with Crippen molar-refractivity contribution in [3.8, 4) is 0 Å². The summed E-state index contributed by atoms with van der Waals surface area (Å²) in [6, 6.07) is 8.85. The lowest BCUT2D eigenvalue weighted by Crippen LogP contribution is -2.43. The van der Waals surface area contributed by atoms with E-state index in [1.807, 2.05) is 11.8 Å². The Morgan fingerprint density at radius 2 is 1.78 bits per heavy atom. The van der Waals surface area contributed by atoms with Gasteiger partial charge in [0, 0.05) is 28.8 Å². The summed E-state index contributed by atoms with van der Waals surface area (Å²) in [5.41, 5.74) is 7.23. The summed E-state index contributed by atoms with van der Waals surface area (Å²) < 4.78 is 0. The van der Waals surface area contributed by atoms with Gasteiger partial charge in [0.1, 0.15) is 0 Å². The Hall–Kier alpha value is -0.510. The summed E-state index contributed by atoms with van der Waals surface area (Å²) in [5, 5.41) is 0.636. The number of likely N-dealkylation sites (N-methyl/N-ethyl adjacent to an activating group) is 1. The van der Waals surface area contributed by atoms with Crippen molar-refractivity contribution in [2.45, 2.75) is 49.9 Å². The normalized spacial score (nSPS) is 12.4. The van der Waals surface area contributed by atoms with Crippen LogP contribution in [0.25, 0.3) is 0 Å². The second kappa shape index (κ2) is 6.60. The first kappa shape index (κ1) is 15.5. The number of hydrogen-bond donors (Lipinski definition) is 1. The average molecular weight is 266 g/mol. The van der Waals surface area contributed by atoms with Gasteiger partial charge in [-0.15, -0.1) is 11.8 Å². The third-order valence-electron chi connectivity index (χ3n) is 2.43. The lowest BCUT2D eigenvalue weighted by Gasteiger charge is -2.26. The molecule has 3 heteroatoms. The van der Waals surface area contributed by atoms with Gasteiger partial charge in [0.05, 0.1) is 0 Å². The summed E-state index contributed by atoms with van der Waals surface area (Å²) in [5.74, 6) is 0. The highest BCUT2D eigenvalue weighted by atomic mass is 32.2. The van der Waals surface area contributed by atoms with E-state index in [2.05, 4.69) is 63.9 Å². The molecule has 0 saturated heterocycles. The van der Waals surface area contributed by atoms with Crippen LogP contribution in [0.1, 0.15) is 33.3 Å². The topological polar surface area (TPSA) is 29.3 Å². The van der Waals surface area contributed by atoms with E-state index in [1.165, 1.54) is 10.5 Å². The molecule has 0 heterocycles. The van der Waals surface area contributed by atoms with Gasteiger partial charge < -0.3 is 10.6 Å². The van der Waals surface area contributed by atoms with Gasteiger partial charge in [0.15, 0.2) is 0 Å². The smallest absolute Gasteiger partial charge is 0.0231 e. The third-order valence-corrected chi connectivity index (χ3v) is 3.44. The number of benzene rings is 1. The fourth-order valence-electron chi connectivity index (χ4n) is 2.01. The first-order valence-electron chi connectivity index (χ1n) is 6.49.